The van der Waals surface area contributed by atoms with E-state index in [0.717, 1.165) is 11.3 Å². The van der Waals surface area contributed by atoms with Gasteiger partial charge < -0.3 is 16.2 Å². The van der Waals surface area contributed by atoms with Gasteiger partial charge in [0, 0.05) is 11.3 Å². The summed E-state index contributed by atoms with van der Waals surface area (Å²) in [5.41, 5.74) is 6.97. The Balaban J connectivity index is 2.08. The Morgan fingerprint density at radius 2 is 1.83 bits per heavy atom. The van der Waals surface area contributed by atoms with Gasteiger partial charge in [0.1, 0.15) is 21.3 Å². The van der Waals surface area contributed by atoms with Gasteiger partial charge in [-0.15, -0.1) is 11.3 Å². The number of aryl methyl sites for hydroxylation is 2. The van der Waals surface area contributed by atoms with Crippen LogP contribution in [0.15, 0.2) is 24.3 Å². The average molecular weight is 342 g/mol. The average Bonchev–Trinajstić information content (AvgIpc) is 2.85. The second kappa shape index (κ2) is 5.89. The van der Waals surface area contributed by atoms with Gasteiger partial charge in [0.15, 0.2) is 0 Å². The van der Waals surface area contributed by atoms with Crippen molar-refractivity contribution in [2.75, 3.05) is 5.32 Å². The molecule has 0 aliphatic heterocycles. The minimum absolute atomic E-state index is 0.247. The topological polar surface area (TPSA) is 118 Å². The molecule has 0 fully saturated rings. The number of carbonyl (C=O) groups excluding carboxylic acids is 1. The van der Waals surface area contributed by atoms with E-state index in [9.17, 15) is 14.7 Å². The van der Waals surface area contributed by atoms with Crippen LogP contribution in [0.5, 0.6) is 0 Å². The van der Waals surface area contributed by atoms with Crippen LogP contribution in [0.1, 0.15) is 31.4 Å². The van der Waals surface area contributed by atoms with Crippen LogP contribution < -0.4 is 11.1 Å². The lowest BCUT2D eigenvalue weighted by Gasteiger charge is -2.09. The van der Waals surface area contributed by atoms with Gasteiger partial charge in [0.05, 0.1) is 5.39 Å². The van der Waals surface area contributed by atoms with Gasteiger partial charge in [-0.25, -0.2) is 14.8 Å². The van der Waals surface area contributed by atoms with Crippen LogP contribution >= 0.6 is 11.3 Å². The molecule has 0 unspecified atom stereocenters. The molecule has 8 heteroatoms. The molecule has 0 aliphatic carbocycles. The monoisotopic (exact) mass is 342 g/mol. The molecule has 4 N–H and O–H groups in total. The molecule has 7 nitrogen and oxygen atoms in total. The number of nitrogens with two attached hydrogens (primary N) is 1. The fourth-order valence-corrected chi connectivity index (χ4v) is 3.46. The molecule has 122 valence electrons. The van der Waals surface area contributed by atoms with Crippen LogP contribution in [0.2, 0.25) is 0 Å². The number of thiophene rings is 1. The molecule has 2 aromatic heterocycles. The summed E-state index contributed by atoms with van der Waals surface area (Å²) in [7, 11) is 0. The fourth-order valence-electron chi connectivity index (χ4n) is 2.39. The van der Waals surface area contributed by atoms with Crippen molar-refractivity contribution in [3.63, 3.8) is 0 Å². The smallest absolute Gasteiger partial charge is 0.346 e. The number of hydrogen-bond acceptors (Lipinski definition) is 6. The molecule has 1 amide bonds. The number of nitrogens with zero attached hydrogens (tertiary/aromatic N) is 2. The Morgan fingerprint density at radius 1 is 1.17 bits per heavy atom. The highest BCUT2D eigenvalue weighted by molar-refractivity contribution is 7.20. The Kier molecular flexibility index (Phi) is 3.90. The maximum absolute atomic E-state index is 11.3. The van der Waals surface area contributed by atoms with Crippen LogP contribution in [-0.2, 0) is 0 Å². The molecule has 0 aliphatic rings. The van der Waals surface area contributed by atoms with E-state index in [2.05, 4.69) is 15.3 Å². The van der Waals surface area contributed by atoms with Crippen LogP contribution in [0, 0.1) is 13.8 Å². The minimum Gasteiger partial charge on any atom is -0.477 e. The van der Waals surface area contributed by atoms with Crippen LogP contribution in [0.3, 0.4) is 0 Å². The number of primary amides is 1. The van der Waals surface area contributed by atoms with Crippen molar-refractivity contribution in [2.45, 2.75) is 13.8 Å². The number of carbonyl (C=O) groups is 2. The first-order chi connectivity index (χ1) is 11.4. The minimum atomic E-state index is -0.982. The van der Waals surface area contributed by atoms with E-state index >= 15 is 0 Å². The predicted molar refractivity (Wildman–Crippen MR) is 92.1 cm³/mol. The van der Waals surface area contributed by atoms with E-state index in [1.165, 1.54) is 0 Å². The Hall–Kier alpha value is -3.00. The number of aromatic carboxylic acids is 1. The summed E-state index contributed by atoms with van der Waals surface area (Å²) in [6.45, 7) is 3.48. The summed E-state index contributed by atoms with van der Waals surface area (Å²) >= 11 is 1.13. The van der Waals surface area contributed by atoms with Crippen molar-refractivity contribution < 1.29 is 14.7 Å². The van der Waals surface area contributed by atoms with Crippen LogP contribution in [-0.4, -0.2) is 27.0 Å². The van der Waals surface area contributed by atoms with Gasteiger partial charge in [0.2, 0.25) is 5.91 Å². The lowest BCUT2D eigenvalue weighted by atomic mass is 10.1. The van der Waals surface area contributed by atoms with E-state index in [-0.39, 0.29) is 4.88 Å². The van der Waals surface area contributed by atoms with Gasteiger partial charge in [-0.05, 0) is 43.7 Å². The molecule has 0 atom stereocenters. The van der Waals surface area contributed by atoms with Crippen molar-refractivity contribution in [1.82, 2.24) is 9.97 Å². The highest BCUT2D eigenvalue weighted by Crippen LogP contribution is 2.35. The first-order valence-corrected chi connectivity index (χ1v) is 7.86. The summed E-state index contributed by atoms with van der Waals surface area (Å²) in [5, 5.41) is 13.1. The van der Waals surface area contributed by atoms with Crippen molar-refractivity contribution in [3.05, 3.63) is 46.1 Å². The third-order valence-corrected chi connectivity index (χ3v) is 4.70. The quantitative estimate of drug-likeness (QED) is 0.671. The normalized spacial score (nSPS) is 10.8. The summed E-state index contributed by atoms with van der Waals surface area (Å²) < 4.78 is 0. The number of hydrogen-bond donors (Lipinski definition) is 3. The number of carboxylic acid groups (broad SMARTS) is 1. The molecule has 1 aromatic carbocycles. The standard InChI is InChI=1S/C16H14N4O3S/c1-7-11-14(20-10-5-3-9(4-6-10)13(17)21)18-8(2)19-15(11)24-12(7)16(22)23/h3-6H,1-2H3,(H2,17,21)(H,22,23)(H,18,19,20). The number of amides is 1. The molecular formula is C16H14N4O3S. The zero-order valence-electron chi connectivity index (χ0n) is 13.0. The lowest BCUT2D eigenvalue weighted by Crippen LogP contribution is -2.10. The van der Waals surface area contributed by atoms with Crippen molar-refractivity contribution in [1.29, 1.82) is 0 Å². The first-order valence-electron chi connectivity index (χ1n) is 7.04. The molecule has 3 aromatic rings. The summed E-state index contributed by atoms with van der Waals surface area (Å²) in [6.07, 6.45) is 0. The molecule has 0 saturated carbocycles. The number of aromatic nitrogens is 2. The van der Waals surface area contributed by atoms with Crippen molar-refractivity contribution >= 4 is 44.9 Å². The Labute approximate surface area is 141 Å². The van der Waals surface area contributed by atoms with E-state index in [1.54, 1.807) is 38.1 Å². The van der Waals surface area contributed by atoms with Gasteiger partial charge in [-0.2, -0.15) is 0 Å². The van der Waals surface area contributed by atoms with Gasteiger partial charge in [0.25, 0.3) is 0 Å². The van der Waals surface area contributed by atoms with Crippen LogP contribution in [0.4, 0.5) is 11.5 Å². The highest BCUT2D eigenvalue weighted by atomic mass is 32.1. The van der Waals surface area contributed by atoms with Crippen LogP contribution in [0.25, 0.3) is 10.2 Å². The second-order valence-corrected chi connectivity index (χ2v) is 6.23. The molecule has 24 heavy (non-hydrogen) atoms. The number of rotatable bonds is 4. The second-order valence-electron chi connectivity index (χ2n) is 5.23. The largest absolute Gasteiger partial charge is 0.477 e. The van der Waals surface area contributed by atoms with E-state index in [1.807, 2.05) is 0 Å². The van der Waals surface area contributed by atoms with Crippen molar-refractivity contribution in [2.24, 2.45) is 5.73 Å². The molecule has 2 heterocycles. The van der Waals surface area contributed by atoms with E-state index in [4.69, 9.17) is 5.73 Å². The summed E-state index contributed by atoms with van der Waals surface area (Å²) in [6, 6.07) is 6.64. The summed E-state index contributed by atoms with van der Waals surface area (Å²) in [5.74, 6) is -0.408. The molecule has 0 saturated heterocycles. The predicted octanol–water partition coefficient (Wildman–Crippen LogP) is 2.85. The third kappa shape index (κ3) is 2.79. The molecule has 0 spiro atoms. The molecular weight excluding hydrogens is 328 g/mol. The number of anilines is 2. The molecule has 3 rings (SSSR count). The van der Waals surface area contributed by atoms with Gasteiger partial charge >= 0.3 is 5.97 Å². The third-order valence-electron chi connectivity index (χ3n) is 3.53. The maximum atomic E-state index is 11.3. The lowest BCUT2D eigenvalue weighted by molar-refractivity contribution is 0.0701. The fraction of sp³-hybridized carbons (Fsp3) is 0.125. The maximum Gasteiger partial charge on any atom is 0.346 e. The first kappa shape index (κ1) is 15.9. The highest BCUT2D eigenvalue weighted by Gasteiger charge is 2.19. The number of nitrogens with one attached hydrogen (secondary N) is 1. The van der Waals surface area contributed by atoms with E-state index in [0.29, 0.717) is 38.7 Å². The SMILES string of the molecule is Cc1nc(Nc2ccc(C(N)=O)cc2)c2c(C)c(C(=O)O)sc2n1. The summed E-state index contributed by atoms with van der Waals surface area (Å²) in [4.78, 5) is 32.0. The van der Waals surface area contributed by atoms with E-state index < -0.39 is 11.9 Å². The number of fused-ring (bicyclic) bond motifs is 1. The zero-order valence-corrected chi connectivity index (χ0v) is 13.8. The Bertz CT molecular complexity index is 964. The number of carboxylic acids is 1. The van der Waals surface area contributed by atoms with Gasteiger partial charge in [-0.3, -0.25) is 4.79 Å². The van der Waals surface area contributed by atoms with Gasteiger partial charge in [-0.1, -0.05) is 0 Å². The van der Waals surface area contributed by atoms with Crippen molar-refractivity contribution in [3.8, 4) is 0 Å². The zero-order chi connectivity index (χ0) is 17.4. The molecule has 0 bridgehead atoms. The molecule has 0 radical (unpaired) electrons. The Morgan fingerprint density at radius 3 is 2.42 bits per heavy atom. The number of benzene rings is 1.